The average molecular weight is 386 g/mol. The lowest BCUT2D eigenvalue weighted by Crippen LogP contribution is -2.48. The lowest BCUT2D eigenvalue weighted by atomic mass is 9.72. The van der Waals surface area contributed by atoms with Crippen molar-refractivity contribution in [2.24, 2.45) is 0 Å². The molecule has 2 heterocycles. The van der Waals surface area contributed by atoms with E-state index < -0.39 is 0 Å². The summed E-state index contributed by atoms with van der Waals surface area (Å²) in [6.45, 7) is 10.6. The molecule has 0 atom stereocenters. The van der Waals surface area contributed by atoms with Crippen LogP contribution in [0, 0.1) is 0 Å². The van der Waals surface area contributed by atoms with Gasteiger partial charge >= 0.3 is 0 Å². The van der Waals surface area contributed by atoms with Crippen LogP contribution in [-0.2, 0) is 5.41 Å². The van der Waals surface area contributed by atoms with Crippen LogP contribution in [0.3, 0.4) is 0 Å². The molecular formula is C22H35N5O. The Labute approximate surface area is 169 Å². The number of carbonyl (C=O) groups excluding carboxylic acids is 1. The van der Waals surface area contributed by atoms with Crippen LogP contribution in [0.1, 0.15) is 56.6 Å². The van der Waals surface area contributed by atoms with E-state index in [1.165, 1.54) is 18.0 Å². The molecule has 154 valence electrons. The fraction of sp³-hybridized carbons (Fsp3) is 0.500. The highest BCUT2D eigenvalue weighted by molar-refractivity contribution is 5.96. The molecule has 1 aliphatic rings. The number of piperidine rings is 1. The van der Waals surface area contributed by atoms with Crippen molar-refractivity contribution >= 4 is 11.7 Å². The van der Waals surface area contributed by atoms with Gasteiger partial charge in [0.05, 0.1) is 0 Å². The molecule has 0 saturated carbocycles. The van der Waals surface area contributed by atoms with Gasteiger partial charge in [-0.25, -0.2) is 9.97 Å². The lowest BCUT2D eigenvalue weighted by molar-refractivity contribution is 0.0923. The van der Waals surface area contributed by atoms with Gasteiger partial charge in [0.2, 0.25) is 0 Å². The SMILES string of the molecule is CC.CC.CN1CCC(CNC(=O)c2nccnc2N)(c2ccccc2)CC1. The minimum absolute atomic E-state index is 0.0552. The number of rotatable bonds is 4. The quantitative estimate of drug-likeness (QED) is 0.841. The summed E-state index contributed by atoms with van der Waals surface area (Å²) >= 11 is 0. The fourth-order valence-corrected chi connectivity index (χ4v) is 3.26. The number of nitrogens with two attached hydrogens (primary N) is 1. The van der Waals surface area contributed by atoms with Crippen LogP contribution in [0.25, 0.3) is 0 Å². The minimum atomic E-state index is -0.269. The van der Waals surface area contributed by atoms with Gasteiger partial charge in [0.15, 0.2) is 11.5 Å². The summed E-state index contributed by atoms with van der Waals surface area (Å²) in [4.78, 5) is 22.7. The van der Waals surface area contributed by atoms with Crippen molar-refractivity contribution in [1.29, 1.82) is 0 Å². The van der Waals surface area contributed by atoms with E-state index in [9.17, 15) is 4.79 Å². The van der Waals surface area contributed by atoms with Crippen molar-refractivity contribution in [2.45, 2.75) is 46.0 Å². The maximum absolute atomic E-state index is 12.4. The van der Waals surface area contributed by atoms with Gasteiger partial charge in [0, 0.05) is 24.4 Å². The molecule has 0 bridgehead atoms. The molecule has 0 unspecified atom stereocenters. The highest BCUT2D eigenvalue weighted by Crippen LogP contribution is 2.34. The van der Waals surface area contributed by atoms with Gasteiger partial charge in [0.1, 0.15) is 0 Å². The summed E-state index contributed by atoms with van der Waals surface area (Å²) in [6.07, 6.45) is 4.97. The third-order valence-electron chi connectivity index (χ3n) is 4.86. The number of nitrogen functional groups attached to an aromatic ring is 1. The maximum Gasteiger partial charge on any atom is 0.273 e. The van der Waals surface area contributed by atoms with Crippen LogP contribution in [-0.4, -0.2) is 47.5 Å². The maximum atomic E-state index is 12.4. The van der Waals surface area contributed by atoms with E-state index >= 15 is 0 Å². The Morgan fingerprint density at radius 2 is 1.64 bits per heavy atom. The molecule has 2 aromatic rings. The number of amides is 1. The molecule has 1 aromatic heterocycles. The van der Waals surface area contributed by atoms with Gasteiger partial charge in [-0.2, -0.15) is 0 Å². The Balaban J connectivity index is 0.000000921. The molecule has 3 rings (SSSR count). The van der Waals surface area contributed by atoms with E-state index in [0.717, 1.165) is 25.9 Å². The van der Waals surface area contributed by atoms with Gasteiger partial charge in [-0.3, -0.25) is 4.79 Å². The number of anilines is 1. The molecule has 6 heteroatoms. The predicted octanol–water partition coefficient (Wildman–Crippen LogP) is 3.50. The van der Waals surface area contributed by atoms with E-state index in [2.05, 4.69) is 51.5 Å². The molecule has 1 saturated heterocycles. The Morgan fingerprint density at radius 1 is 1.07 bits per heavy atom. The van der Waals surface area contributed by atoms with Crippen molar-refractivity contribution in [1.82, 2.24) is 20.2 Å². The predicted molar refractivity (Wildman–Crippen MR) is 116 cm³/mol. The first kappa shape index (κ1) is 23.6. The van der Waals surface area contributed by atoms with Crippen molar-refractivity contribution in [3.63, 3.8) is 0 Å². The normalized spacial score (nSPS) is 15.3. The molecule has 6 nitrogen and oxygen atoms in total. The van der Waals surface area contributed by atoms with E-state index in [4.69, 9.17) is 5.73 Å². The number of benzene rings is 1. The topological polar surface area (TPSA) is 84.1 Å². The van der Waals surface area contributed by atoms with Crippen LogP contribution in [0.15, 0.2) is 42.7 Å². The second-order valence-electron chi connectivity index (χ2n) is 6.42. The Kier molecular flexibility index (Phi) is 10.2. The Hall–Kier alpha value is -2.47. The average Bonchev–Trinajstić information content (AvgIpc) is 2.77. The zero-order valence-corrected chi connectivity index (χ0v) is 17.9. The van der Waals surface area contributed by atoms with Gasteiger partial charge < -0.3 is 16.0 Å². The summed E-state index contributed by atoms with van der Waals surface area (Å²) in [6, 6.07) is 10.4. The minimum Gasteiger partial charge on any atom is -0.382 e. The third-order valence-corrected chi connectivity index (χ3v) is 4.86. The van der Waals surface area contributed by atoms with Crippen LogP contribution in [0.2, 0.25) is 0 Å². The highest BCUT2D eigenvalue weighted by atomic mass is 16.1. The van der Waals surface area contributed by atoms with Crippen molar-refractivity contribution in [2.75, 3.05) is 32.4 Å². The summed E-state index contributed by atoms with van der Waals surface area (Å²) in [5.41, 5.74) is 7.15. The molecule has 1 fully saturated rings. The highest BCUT2D eigenvalue weighted by Gasteiger charge is 2.35. The van der Waals surface area contributed by atoms with Gasteiger partial charge in [-0.15, -0.1) is 0 Å². The monoisotopic (exact) mass is 385 g/mol. The number of carbonyl (C=O) groups is 1. The summed E-state index contributed by atoms with van der Waals surface area (Å²) in [7, 11) is 2.13. The number of aromatic nitrogens is 2. The number of hydrogen-bond acceptors (Lipinski definition) is 5. The Morgan fingerprint density at radius 3 is 2.21 bits per heavy atom. The second kappa shape index (κ2) is 12.1. The second-order valence-corrected chi connectivity index (χ2v) is 6.42. The molecule has 1 aromatic carbocycles. The van der Waals surface area contributed by atoms with Crippen LogP contribution in [0.4, 0.5) is 5.82 Å². The molecule has 3 N–H and O–H groups in total. The van der Waals surface area contributed by atoms with Crippen LogP contribution in [0.5, 0.6) is 0 Å². The van der Waals surface area contributed by atoms with Crippen molar-refractivity contribution in [3.05, 3.63) is 54.0 Å². The first-order chi connectivity index (χ1) is 13.6. The number of nitrogens with one attached hydrogen (secondary N) is 1. The van der Waals surface area contributed by atoms with E-state index in [1.54, 1.807) is 0 Å². The Bertz CT molecular complexity index is 697. The molecule has 1 aliphatic heterocycles. The molecule has 28 heavy (non-hydrogen) atoms. The van der Waals surface area contributed by atoms with Crippen molar-refractivity contribution < 1.29 is 4.79 Å². The first-order valence-electron chi connectivity index (χ1n) is 10.2. The summed E-state index contributed by atoms with van der Waals surface area (Å²) < 4.78 is 0. The molecule has 0 aliphatic carbocycles. The standard InChI is InChI=1S/C18H23N5O.2C2H6/c1-23-11-7-18(8-12-23,14-5-3-2-4-6-14)13-22-17(24)15-16(19)21-10-9-20-15;2*1-2/h2-6,9-10H,7-8,11-13H2,1H3,(H2,19,21)(H,22,24);2*1-2H3. The van der Waals surface area contributed by atoms with E-state index in [-0.39, 0.29) is 22.8 Å². The molecule has 1 amide bonds. The van der Waals surface area contributed by atoms with E-state index in [1.807, 2.05) is 33.8 Å². The third kappa shape index (κ3) is 6.02. The fourth-order valence-electron chi connectivity index (χ4n) is 3.26. The zero-order chi connectivity index (χ0) is 21.0. The van der Waals surface area contributed by atoms with Crippen LogP contribution < -0.4 is 11.1 Å². The smallest absolute Gasteiger partial charge is 0.273 e. The van der Waals surface area contributed by atoms with Gasteiger partial charge in [-0.1, -0.05) is 58.0 Å². The summed E-state index contributed by atoms with van der Waals surface area (Å²) in [5, 5.41) is 3.02. The summed E-state index contributed by atoms with van der Waals surface area (Å²) in [5.74, 6) is -0.109. The number of nitrogens with zero attached hydrogens (tertiary/aromatic N) is 3. The van der Waals surface area contributed by atoms with Crippen LogP contribution >= 0.6 is 0 Å². The van der Waals surface area contributed by atoms with E-state index in [0.29, 0.717) is 6.54 Å². The molecular weight excluding hydrogens is 350 g/mol. The number of hydrogen-bond donors (Lipinski definition) is 2. The van der Waals surface area contributed by atoms with Gasteiger partial charge in [0.25, 0.3) is 5.91 Å². The lowest BCUT2D eigenvalue weighted by Gasteiger charge is -2.41. The molecule has 0 radical (unpaired) electrons. The van der Waals surface area contributed by atoms with Crippen molar-refractivity contribution in [3.8, 4) is 0 Å². The molecule has 0 spiro atoms. The first-order valence-corrected chi connectivity index (χ1v) is 10.2. The largest absolute Gasteiger partial charge is 0.382 e. The number of likely N-dealkylation sites (tertiary alicyclic amines) is 1. The zero-order valence-electron chi connectivity index (χ0n) is 17.9. The van der Waals surface area contributed by atoms with Gasteiger partial charge in [-0.05, 0) is 38.5 Å².